The molecule has 0 radical (unpaired) electrons. The highest BCUT2D eigenvalue weighted by Gasteiger charge is 2.48. The molecule has 1 saturated heterocycles. The average Bonchev–Trinajstić information content (AvgIpc) is 3.32. The van der Waals surface area contributed by atoms with Crippen LogP contribution in [0.5, 0.6) is 0 Å². The van der Waals surface area contributed by atoms with Gasteiger partial charge in [-0.05, 0) is 69.4 Å². The maximum absolute atomic E-state index is 13.9. The number of likely N-dealkylation sites (N-methyl/N-ethyl adjacent to an activating group) is 1. The Balaban J connectivity index is 1.31. The lowest BCUT2D eigenvalue weighted by molar-refractivity contribution is -0.137. The lowest BCUT2D eigenvalue weighted by atomic mass is 9.65. The molecule has 1 amide bonds. The number of rotatable bonds is 4. The van der Waals surface area contributed by atoms with Crippen LogP contribution in [-0.4, -0.2) is 64.4 Å². The SMILES string of the molecule is CN1CCC(c2ccc(Nc3nc(-c4cc5c(s4)C4(CCC4)CN(C)C5=O)ncc3C(F)(F)F)nc2)CC1. The van der Waals surface area contributed by atoms with E-state index >= 15 is 0 Å². The molecule has 1 saturated carbocycles. The molecule has 3 aromatic heterocycles. The first-order chi connectivity index (χ1) is 18.1. The number of carbonyl (C=O) groups is 1. The number of amides is 1. The zero-order chi connectivity index (χ0) is 26.7. The number of hydrogen-bond donors (Lipinski definition) is 1. The van der Waals surface area contributed by atoms with Gasteiger partial charge in [0.2, 0.25) is 0 Å². The van der Waals surface area contributed by atoms with Crippen LogP contribution in [-0.2, 0) is 11.6 Å². The molecular formula is C27H29F3N6OS. The van der Waals surface area contributed by atoms with Crippen LogP contribution < -0.4 is 5.32 Å². The second-order valence-electron chi connectivity index (χ2n) is 10.8. The van der Waals surface area contributed by atoms with Crippen LogP contribution in [0.15, 0.2) is 30.6 Å². The summed E-state index contributed by atoms with van der Waals surface area (Å²) in [6, 6.07) is 5.36. The molecule has 0 bridgehead atoms. The van der Waals surface area contributed by atoms with E-state index in [9.17, 15) is 18.0 Å². The van der Waals surface area contributed by atoms with E-state index in [0.29, 0.717) is 22.9 Å². The Labute approximate surface area is 223 Å². The number of carbonyl (C=O) groups excluding carboxylic acids is 1. The Morgan fingerprint density at radius 2 is 1.87 bits per heavy atom. The smallest absolute Gasteiger partial charge is 0.341 e. The summed E-state index contributed by atoms with van der Waals surface area (Å²) < 4.78 is 41.6. The van der Waals surface area contributed by atoms with Crippen LogP contribution >= 0.6 is 11.3 Å². The average molecular weight is 543 g/mol. The van der Waals surface area contributed by atoms with Crippen LogP contribution in [0, 0.1) is 0 Å². The van der Waals surface area contributed by atoms with Gasteiger partial charge in [0.1, 0.15) is 17.2 Å². The number of alkyl halides is 3. The Morgan fingerprint density at radius 1 is 1.11 bits per heavy atom. The van der Waals surface area contributed by atoms with Crippen molar-refractivity contribution in [2.75, 3.05) is 39.0 Å². The van der Waals surface area contributed by atoms with Gasteiger partial charge < -0.3 is 15.1 Å². The van der Waals surface area contributed by atoms with Gasteiger partial charge in [0.05, 0.1) is 10.4 Å². The van der Waals surface area contributed by atoms with E-state index in [0.717, 1.165) is 61.8 Å². The number of anilines is 2. The van der Waals surface area contributed by atoms with E-state index in [1.165, 1.54) is 11.3 Å². The number of thiophene rings is 1. The third kappa shape index (κ3) is 4.45. The van der Waals surface area contributed by atoms with Crippen molar-refractivity contribution < 1.29 is 18.0 Å². The van der Waals surface area contributed by atoms with Gasteiger partial charge >= 0.3 is 6.18 Å². The fraction of sp³-hybridized carbons (Fsp3) is 0.481. The van der Waals surface area contributed by atoms with Gasteiger partial charge in [0, 0.05) is 36.3 Å². The van der Waals surface area contributed by atoms with E-state index < -0.39 is 11.7 Å². The minimum absolute atomic E-state index is 0.0622. The summed E-state index contributed by atoms with van der Waals surface area (Å²) in [6.45, 7) is 2.69. The molecule has 1 aliphatic carbocycles. The van der Waals surface area contributed by atoms with Crippen molar-refractivity contribution in [3.8, 4) is 10.7 Å². The number of piperidine rings is 1. The van der Waals surface area contributed by atoms with Gasteiger partial charge in [-0.25, -0.2) is 15.0 Å². The largest absolute Gasteiger partial charge is 0.421 e. The second-order valence-corrected chi connectivity index (χ2v) is 11.8. The van der Waals surface area contributed by atoms with Crippen molar-refractivity contribution in [3.63, 3.8) is 0 Å². The number of pyridine rings is 1. The fourth-order valence-corrected chi connectivity index (χ4v) is 7.16. The van der Waals surface area contributed by atoms with E-state index in [2.05, 4.69) is 32.2 Å². The van der Waals surface area contributed by atoms with Crippen molar-refractivity contribution >= 4 is 28.9 Å². The number of nitrogens with zero attached hydrogens (tertiary/aromatic N) is 5. The van der Waals surface area contributed by atoms with Gasteiger partial charge in [0.15, 0.2) is 5.82 Å². The highest BCUT2D eigenvalue weighted by molar-refractivity contribution is 7.16. The molecule has 200 valence electrons. The molecule has 2 aliphatic heterocycles. The van der Waals surface area contributed by atoms with Crippen LogP contribution in [0.3, 0.4) is 0 Å². The Bertz CT molecular complexity index is 1360. The van der Waals surface area contributed by atoms with Crippen molar-refractivity contribution in [2.24, 2.45) is 0 Å². The molecule has 6 rings (SSSR count). The van der Waals surface area contributed by atoms with E-state index in [1.54, 1.807) is 30.3 Å². The number of likely N-dealkylation sites (tertiary alicyclic amines) is 1. The van der Waals surface area contributed by atoms with E-state index in [4.69, 9.17) is 0 Å². The number of hydrogen-bond acceptors (Lipinski definition) is 7. The number of nitrogens with one attached hydrogen (secondary N) is 1. The minimum atomic E-state index is -4.64. The molecule has 3 aliphatic rings. The van der Waals surface area contributed by atoms with Crippen LogP contribution in [0.4, 0.5) is 24.8 Å². The maximum Gasteiger partial charge on any atom is 0.421 e. The van der Waals surface area contributed by atoms with Crippen LogP contribution in [0.1, 0.15) is 64.4 Å². The summed E-state index contributed by atoms with van der Waals surface area (Å²) in [6.07, 6.45) is 3.06. The molecule has 2 fully saturated rings. The second kappa shape index (κ2) is 9.30. The van der Waals surface area contributed by atoms with Crippen molar-refractivity contribution in [1.29, 1.82) is 0 Å². The summed E-state index contributed by atoms with van der Waals surface area (Å²) in [5.74, 6) is 0.421. The molecule has 3 aromatic rings. The van der Waals surface area contributed by atoms with Gasteiger partial charge in [-0.15, -0.1) is 11.3 Å². The van der Waals surface area contributed by atoms with Gasteiger partial charge in [-0.2, -0.15) is 13.2 Å². The van der Waals surface area contributed by atoms with Crippen molar-refractivity contribution in [3.05, 3.63) is 52.2 Å². The number of halogens is 3. The first kappa shape index (κ1) is 25.2. The molecule has 5 heterocycles. The first-order valence-corrected chi connectivity index (χ1v) is 13.7. The predicted molar refractivity (Wildman–Crippen MR) is 140 cm³/mol. The van der Waals surface area contributed by atoms with E-state index in [-0.39, 0.29) is 28.8 Å². The van der Waals surface area contributed by atoms with Gasteiger partial charge in [0.25, 0.3) is 5.91 Å². The molecule has 0 atom stereocenters. The fourth-order valence-electron chi connectivity index (χ4n) is 5.83. The quantitative estimate of drug-likeness (QED) is 0.457. The van der Waals surface area contributed by atoms with Crippen LogP contribution in [0.2, 0.25) is 0 Å². The van der Waals surface area contributed by atoms with Gasteiger partial charge in [-0.1, -0.05) is 12.5 Å². The molecule has 0 unspecified atom stereocenters. The van der Waals surface area contributed by atoms with Crippen molar-refractivity contribution in [1.82, 2.24) is 24.8 Å². The predicted octanol–water partition coefficient (Wildman–Crippen LogP) is 5.68. The summed E-state index contributed by atoms with van der Waals surface area (Å²) in [5, 5.41) is 2.78. The lowest BCUT2D eigenvalue weighted by Gasteiger charge is -2.47. The topological polar surface area (TPSA) is 74.2 Å². The highest BCUT2D eigenvalue weighted by atomic mass is 32.1. The molecule has 38 heavy (non-hydrogen) atoms. The molecule has 11 heteroatoms. The Hall–Kier alpha value is -3.05. The van der Waals surface area contributed by atoms with Crippen LogP contribution in [0.25, 0.3) is 10.7 Å². The van der Waals surface area contributed by atoms with E-state index in [1.807, 2.05) is 6.07 Å². The minimum Gasteiger partial charge on any atom is -0.341 e. The standard InChI is InChI=1S/C27H29F3N6OS/c1-35-10-6-16(7-11-35)17-4-5-21(31-13-17)33-23-19(27(28,29)30)14-32-24(34-23)20-12-18-22(38-20)26(8-3-9-26)15-36(2)25(18)37/h4-5,12-14,16H,3,6-11,15H2,1-2H3,(H,31,32,33,34). The Morgan fingerprint density at radius 3 is 2.50 bits per heavy atom. The molecule has 1 spiro atoms. The zero-order valence-electron chi connectivity index (χ0n) is 21.3. The lowest BCUT2D eigenvalue weighted by Crippen LogP contribution is -2.50. The third-order valence-electron chi connectivity index (χ3n) is 8.18. The zero-order valence-corrected chi connectivity index (χ0v) is 22.1. The summed E-state index contributed by atoms with van der Waals surface area (Å²) in [5.41, 5.74) is 0.678. The third-order valence-corrected chi connectivity index (χ3v) is 9.56. The molecule has 1 N–H and O–H groups in total. The monoisotopic (exact) mass is 542 g/mol. The Kier molecular flexibility index (Phi) is 6.18. The normalized spacial score (nSPS) is 19.9. The van der Waals surface area contributed by atoms with Crippen molar-refractivity contribution in [2.45, 2.75) is 49.6 Å². The highest BCUT2D eigenvalue weighted by Crippen LogP contribution is 2.52. The molecule has 7 nitrogen and oxygen atoms in total. The summed E-state index contributed by atoms with van der Waals surface area (Å²) in [7, 11) is 3.90. The summed E-state index contributed by atoms with van der Waals surface area (Å²) >= 11 is 1.42. The molecule has 0 aromatic carbocycles. The summed E-state index contributed by atoms with van der Waals surface area (Å²) in [4.78, 5) is 31.3. The maximum atomic E-state index is 13.9. The van der Waals surface area contributed by atoms with Gasteiger partial charge in [-0.3, -0.25) is 4.79 Å². The number of fused-ring (bicyclic) bond motifs is 2. The molecular weight excluding hydrogens is 513 g/mol. The first-order valence-electron chi connectivity index (χ1n) is 12.9. The number of aromatic nitrogens is 3.